The summed E-state index contributed by atoms with van der Waals surface area (Å²) in [6, 6.07) is 7.15. The molecule has 0 radical (unpaired) electrons. The minimum atomic E-state index is -0.503. The van der Waals surface area contributed by atoms with E-state index in [1.807, 2.05) is 51.4 Å². The number of hydrogen-bond donors (Lipinski definition) is 2. The Bertz CT molecular complexity index is 603. The maximum absolute atomic E-state index is 12.0. The molecule has 0 spiro atoms. The first-order valence-electron chi connectivity index (χ1n) is 6.63. The number of aryl methyl sites for hydroxylation is 1. The molecule has 1 aromatic carbocycles. The predicted octanol–water partition coefficient (Wildman–Crippen LogP) is 2.01. The van der Waals surface area contributed by atoms with Gasteiger partial charge in [-0.15, -0.1) is 0 Å². The molecule has 0 saturated heterocycles. The van der Waals surface area contributed by atoms with Crippen molar-refractivity contribution in [2.24, 2.45) is 18.7 Å². The van der Waals surface area contributed by atoms with Crippen molar-refractivity contribution < 1.29 is 4.79 Å². The largest absolute Gasteiger partial charge is 0.325 e. The van der Waals surface area contributed by atoms with E-state index in [0.29, 0.717) is 0 Å². The van der Waals surface area contributed by atoms with Crippen molar-refractivity contribution in [3.8, 4) is 11.1 Å². The van der Waals surface area contributed by atoms with Gasteiger partial charge >= 0.3 is 0 Å². The summed E-state index contributed by atoms with van der Waals surface area (Å²) in [6.45, 7) is 3.85. The highest BCUT2D eigenvalue weighted by molar-refractivity contribution is 5.95. The molecule has 0 aliphatic carbocycles. The van der Waals surface area contributed by atoms with E-state index in [4.69, 9.17) is 5.73 Å². The average molecular weight is 272 g/mol. The molecule has 1 aromatic heterocycles. The summed E-state index contributed by atoms with van der Waals surface area (Å²) in [5.41, 5.74) is 8.60. The summed E-state index contributed by atoms with van der Waals surface area (Å²) in [5.74, 6) is -0.0557. The highest BCUT2D eigenvalue weighted by Gasteiger charge is 2.17. The van der Waals surface area contributed by atoms with Crippen molar-refractivity contribution in [2.75, 3.05) is 5.32 Å². The number of hydrogen-bond acceptors (Lipinski definition) is 3. The number of benzene rings is 1. The Labute approximate surface area is 118 Å². The van der Waals surface area contributed by atoms with E-state index in [2.05, 4.69) is 10.4 Å². The molecule has 106 valence electrons. The lowest BCUT2D eigenvalue weighted by molar-refractivity contribution is -0.118. The van der Waals surface area contributed by atoms with Gasteiger partial charge in [-0.3, -0.25) is 9.48 Å². The molecule has 1 atom stereocenters. The van der Waals surface area contributed by atoms with Crippen LogP contribution < -0.4 is 11.1 Å². The van der Waals surface area contributed by atoms with Crippen LogP contribution >= 0.6 is 0 Å². The maximum atomic E-state index is 12.0. The van der Waals surface area contributed by atoms with Gasteiger partial charge in [-0.05, 0) is 23.6 Å². The van der Waals surface area contributed by atoms with Crippen LogP contribution in [0.3, 0.4) is 0 Å². The number of nitrogens with one attached hydrogen (secondary N) is 1. The van der Waals surface area contributed by atoms with Crippen LogP contribution in [0.25, 0.3) is 11.1 Å². The summed E-state index contributed by atoms with van der Waals surface area (Å²) in [4.78, 5) is 12.0. The van der Waals surface area contributed by atoms with E-state index >= 15 is 0 Å². The number of anilines is 1. The fourth-order valence-corrected chi connectivity index (χ4v) is 1.88. The predicted molar refractivity (Wildman–Crippen MR) is 80.1 cm³/mol. The van der Waals surface area contributed by atoms with Gasteiger partial charge in [0.25, 0.3) is 0 Å². The molecule has 5 heteroatoms. The van der Waals surface area contributed by atoms with E-state index in [0.717, 1.165) is 16.8 Å². The lowest BCUT2D eigenvalue weighted by atomic mass is 10.0. The van der Waals surface area contributed by atoms with Crippen LogP contribution in [0.15, 0.2) is 36.7 Å². The molecule has 1 amide bonds. The third-order valence-corrected chi connectivity index (χ3v) is 3.19. The fraction of sp³-hybridized carbons (Fsp3) is 0.333. The molecule has 2 rings (SSSR count). The third kappa shape index (κ3) is 3.24. The number of amides is 1. The number of carbonyl (C=O) groups excluding carboxylic acids is 1. The zero-order chi connectivity index (χ0) is 14.7. The number of carbonyl (C=O) groups is 1. The van der Waals surface area contributed by atoms with Crippen LogP contribution in [0.4, 0.5) is 5.69 Å². The van der Waals surface area contributed by atoms with Crippen LogP contribution in [-0.2, 0) is 11.8 Å². The molecular formula is C15H20N4O. The second-order valence-corrected chi connectivity index (χ2v) is 5.24. The second-order valence-electron chi connectivity index (χ2n) is 5.24. The minimum absolute atomic E-state index is 0.108. The number of rotatable bonds is 4. The highest BCUT2D eigenvalue weighted by Crippen LogP contribution is 2.22. The van der Waals surface area contributed by atoms with Gasteiger partial charge in [-0.25, -0.2) is 0 Å². The Hall–Kier alpha value is -2.14. The molecule has 3 N–H and O–H groups in total. The molecule has 0 aliphatic heterocycles. The second kappa shape index (κ2) is 5.88. The lowest BCUT2D eigenvalue weighted by Gasteiger charge is -2.15. The standard InChI is InChI=1S/C15H20N4O/c1-10(2)14(16)15(20)18-13-6-4-5-11(7-13)12-8-17-19(3)9-12/h4-10,14H,16H2,1-3H3,(H,18,20). The Morgan fingerprint density at radius 1 is 1.35 bits per heavy atom. The third-order valence-electron chi connectivity index (χ3n) is 3.19. The molecule has 0 aliphatic rings. The van der Waals surface area contributed by atoms with Crippen LogP contribution in [0.2, 0.25) is 0 Å². The van der Waals surface area contributed by atoms with Gasteiger partial charge in [0.05, 0.1) is 12.2 Å². The van der Waals surface area contributed by atoms with Crippen molar-refractivity contribution >= 4 is 11.6 Å². The van der Waals surface area contributed by atoms with Gasteiger partial charge < -0.3 is 11.1 Å². The maximum Gasteiger partial charge on any atom is 0.241 e. The molecule has 0 fully saturated rings. The highest BCUT2D eigenvalue weighted by atomic mass is 16.2. The van der Waals surface area contributed by atoms with Crippen molar-refractivity contribution in [1.82, 2.24) is 9.78 Å². The van der Waals surface area contributed by atoms with E-state index in [1.165, 1.54) is 0 Å². The average Bonchev–Trinajstić information content (AvgIpc) is 2.84. The van der Waals surface area contributed by atoms with E-state index in [9.17, 15) is 4.79 Å². The van der Waals surface area contributed by atoms with Crippen LogP contribution in [0, 0.1) is 5.92 Å². The smallest absolute Gasteiger partial charge is 0.241 e. The lowest BCUT2D eigenvalue weighted by Crippen LogP contribution is -2.39. The normalized spacial score (nSPS) is 12.4. The van der Waals surface area contributed by atoms with Crippen molar-refractivity contribution in [3.63, 3.8) is 0 Å². The first-order valence-corrected chi connectivity index (χ1v) is 6.63. The Balaban J connectivity index is 2.16. The quantitative estimate of drug-likeness (QED) is 0.894. The van der Waals surface area contributed by atoms with Crippen LogP contribution in [0.1, 0.15) is 13.8 Å². The number of nitrogens with zero attached hydrogens (tertiary/aromatic N) is 2. The summed E-state index contributed by atoms with van der Waals surface area (Å²) in [7, 11) is 1.87. The zero-order valence-corrected chi connectivity index (χ0v) is 12.0. The summed E-state index contributed by atoms with van der Waals surface area (Å²) in [5, 5.41) is 6.99. The first kappa shape index (κ1) is 14.3. The summed E-state index contributed by atoms with van der Waals surface area (Å²) >= 11 is 0. The van der Waals surface area contributed by atoms with Crippen LogP contribution in [0.5, 0.6) is 0 Å². The minimum Gasteiger partial charge on any atom is -0.325 e. The van der Waals surface area contributed by atoms with Gasteiger partial charge in [0.2, 0.25) is 5.91 Å². The van der Waals surface area contributed by atoms with Crippen molar-refractivity contribution in [3.05, 3.63) is 36.7 Å². The molecule has 5 nitrogen and oxygen atoms in total. The molecule has 0 saturated carbocycles. The Kier molecular flexibility index (Phi) is 4.20. The Morgan fingerprint density at radius 2 is 2.10 bits per heavy atom. The van der Waals surface area contributed by atoms with E-state index < -0.39 is 6.04 Å². The molecular weight excluding hydrogens is 252 g/mol. The summed E-state index contributed by atoms with van der Waals surface area (Å²) < 4.78 is 1.75. The van der Waals surface area contributed by atoms with Gasteiger partial charge in [-0.1, -0.05) is 26.0 Å². The number of nitrogens with two attached hydrogens (primary N) is 1. The number of aromatic nitrogens is 2. The van der Waals surface area contributed by atoms with E-state index in [1.54, 1.807) is 10.9 Å². The topological polar surface area (TPSA) is 72.9 Å². The van der Waals surface area contributed by atoms with Crippen LogP contribution in [-0.4, -0.2) is 21.7 Å². The first-order chi connectivity index (χ1) is 9.47. The zero-order valence-electron chi connectivity index (χ0n) is 12.0. The van der Waals surface area contributed by atoms with E-state index in [-0.39, 0.29) is 11.8 Å². The van der Waals surface area contributed by atoms with Gasteiger partial charge in [-0.2, -0.15) is 5.10 Å². The van der Waals surface area contributed by atoms with Crippen molar-refractivity contribution in [1.29, 1.82) is 0 Å². The molecule has 0 bridgehead atoms. The fourth-order valence-electron chi connectivity index (χ4n) is 1.88. The molecule has 2 aromatic rings. The van der Waals surface area contributed by atoms with Gasteiger partial charge in [0.15, 0.2) is 0 Å². The molecule has 20 heavy (non-hydrogen) atoms. The summed E-state index contributed by atoms with van der Waals surface area (Å²) in [6.07, 6.45) is 3.72. The molecule has 1 heterocycles. The van der Waals surface area contributed by atoms with Gasteiger partial charge in [0.1, 0.15) is 0 Å². The van der Waals surface area contributed by atoms with Gasteiger partial charge in [0, 0.05) is 24.5 Å². The monoisotopic (exact) mass is 272 g/mol. The SMILES string of the molecule is CC(C)C(N)C(=O)Nc1cccc(-c2cnn(C)c2)c1. The molecule has 1 unspecified atom stereocenters. The Morgan fingerprint density at radius 3 is 2.70 bits per heavy atom. The van der Waals surface area contributed by atoms with Crippen molar-refractivity contribution in [2.45, 2.75) is 19.9 Å².